The number of hydrogen-bond acceptors (Lipinski definition) is 3. The van der Waals surface area contributed by atoms with Gasteiger partial charge >= 0.3 is 0 Å². The smallest absolute Gasteiger partial charge is 0.135 e. The molecule has 0 saturated heterocycles. The van der Waals surface area contributed by atoms with Crippen LogP contribution >= 0.6 is 11.3 Å². The third-order valence-corrected chi connectivity index (χ3v) is 14.6. The summed E-state index contributed by atoms with van der Waals surface area (Å²) < 4.78 is 8.87. The van der Waals surface area contributed by atoms with Gasteiger partial charge in [0.25, 0.3) is 0 Å². The Morgan fingerprint density at radius 2 is 0.953 bits per heavy atom. The third-order valence-electron chi connectivity index (χ3n) is 13.3. The molecular weight excluding hydrogens is 795 g/mol. The number of anilines is 3. The Bertz CT molecular complexity index is 3710. The second-order valence-corrected chi connectivity index (χ2v) is 17.8. The summed E-state index contributed by atoms with van der Waals surface area (Å²) in [5.41, 5.74) is 16.8. The van der Waals surface area contributed by atoms with Crippen LogP contribution in [-0.2, 0) is 5.41 Å². The Labute approximate surface area is 375 Å². The highest BCUT2D eigenvalue weighted by Crippen LogP contribution is 2.59. The van der Waals surface area contributed by atoms with E-state index in [1.807, 2.05) is 23.5 Å². The summed E-state index contributed by atoms with van der Waals surface area (Å²) in [4.78, 5) is 2.49. The average molecular weight is 834 g/mol. The SMILES string of the molecule is c1ccc(C2(c3ccccc3)c3ccccc3-c3c(N(c4cccc(-c5ccc6oc7ccccc7c6c5)c4)c4cccc(-c5cccc6c5sc5ccccc56)c4)cccc32)cc1. The molecule has 1 aliphatic carbocycles. The Morgan fingerprint density at radius 3 is 1.77 bits per heavy atom. The fourth-order valence-corrected chi connectivity index (χ4v) is 11.8. The van der Waals surface area contributed by atoms with Crippen LogP contribution in [0, 0.1) is 0 Å². The number of nitrogens with zero attached hydrogens (tertiary/aromatic N) is 1. The van der Waals surface area contributed by atoms with Gasteiger partial charge in [0.15, 0.2) is 0 Å². The van der Waals surface area contributed by atoms with Gasteiger partial charge in [-0.05, 0) is 105 Å². The Hall–Kier alpha value is -7.98. The predicted octanol–water partition coefficient (Wildman–Crippen LogP) is 17.1. The van der Waals surface area contributed by atoms with E-state index in [9.17, 15) is 0 Å². The molecule has 64 heavy (non-hydrogen) atoms. The van der Waals surface area contributed by atoms with Gasteiger partial charge in [0.1, 0.15) is 11.2 Å². The molecule has 3 heteroatoms. The van der Waals surface area contributed by atoms with Crippen molar-refractivity contribution in [3.63, 3.8) is 0 Å². The van der Waals surface area contributed by atoms with Gasteiger partial charge in [0.2, 0.25) is 0 Å². The first-order valence-electron chi connectivity index (χ1n) is 21.9. The second kappa shape index (κ2) is 14.6. The lowest BCUT2D eigenvalue weighted by Gasteiger charge is -2.34. The number of thiophene rings is 1. The minimum atomic E-state index is -0.528. The molecule has 0 saturated carbocycles. The van der Waals surface area contributed by atoms with Gasteiger partial charge < -0.3 is 9.32 Å². The van der Waals surface area contributed by atoms with Crippen molar-refractivity contribution in [1.29, 1.82) is 0 Å². The first-order valence-corrected chi connectivity index (χ1v) is 22.7. The van der Waals surface area contributed by atoms with Crippen LogP contribution in [0.25, 0.3) is 75.5 Å². The number of para-hydroxylation sites is 1. The van der Waals surface area contributed by atoms with E-state index < -0.39 is 5.41 Å². The fraction of sp³-hybridized carbons (Fsp3) is 0.0164. The predicted molar refractivity (Wildman–Crippen MR) is 269 cm³/mol. The van der Waals surface area contributed by atoms with Crippen LogP contribution in [0.1, 0.15) is 22.3 Å². The summed E-state index contributed by atoms with van der Waals surface area (Å²) in [6.07, 6.45) is 0. The Kier molecular flexibility index (Phi) is 8.34. The lowest BCUT2D eigenvalue weighted by Crippen LogP contribution is -2.28. The maximum absolute atomic E-state index is 6.26. The first-order chi connectivity index (χ1) is 31.7. The van der Waals surface area contributed by atoms with Gasteiger partial charge in [-0.15, -0.1) is 11.3 Å². The van der Waals surface area contributed by atoms with E-state index in [1.165, 1.54) is 64.7 Å². The molecule has 2 heterocycles. The van der Waals surface area contributed by atoms with Gasteiger partial charge in [-0.25, -0.2) is 0 Å². The van der Waals surface area contributed by atoms with Crippen LogP contribution in [0.4, 0.5) is 17.1 Å². The van der Waals surface area contributed by atoms with Crippen molar-refractivity contribution >= 4 is 70.5 Å². The molecule has 10 aromatic carbocycles. The van der Waals surface area contributed by atoms with Crippen molar-refractivity contribution in [3.8, 4) is 33.4 Å². The minimum Gasteiger partial charge on any atom is -0.456 e. The third kappa shape index (κ3) is 5.51. The van der Waals surface area contributed by atoms with E-state index >= 15 is 0 Å². The monoisotopic (exact) mass is 833 g/mol. The summed E-state index contributed by atoms with van der Waals surface area (Å²) >= 11 is 1.88. The maximum Gasteiger partial charge on any atom is 0.135 e. The van der Waals surface area contributed by atoms with E-state index in [2.05, 4.69) is 229 Å². The average Bonchev–Trinajstić information content (AvgIpc) is 4.03. The number of benzene rings is 10. The van der Waals surface area contributed by atoms with Crippen molar-refractivity contribution < 1.29 is 4.42 Å². The lowest BCUT2D eigenvalue weighted by molar-refractivity contribution is 0.669. The first kappa shape index (κ1) is 36.7. The number of hydrogen-bond donors (Lipinski definition) is 0. The maximum atomic E-state index is 6.26. The number of rotatable bonds is 7. The van der Waals surface area contributed by atoms with E-state index in [1.54, 1.807) is 0 Å². The van der Waals surface area contributed by atoms with Crippen LogP contribution in [0.3, 0.4) is 0 Å². The normalized spacial score (nSPS) is 12.8. The zero-order chi connectivity index (χ0) is 42.2. The summed E-state index contributed by atoms with van der Waals surface area (Å²) in [6, 6.07) is 86.7. The van der Waals surface area contributed by atoms with Crippen molar-refractivity contribution in [3.05, 3.63) is 259 Å². The quantitative estimate of drug-likeness (QED) is 0.159. The molecule has 13 rings (SSSR count). The Balaban J connectivity index is 1.06. The molecule has 0 atom stereocenters. The van der Waals surface area contributed by atoms with E-state index in [0.29, 0.717) is 0 Å². The molecule has 0 amide bonds. The fourth-order valence-electron chi connectivity index (χ4n) is 10.6. The highest BCUT2D eigenvalue weighted by Gasteiger charge is 2.47. The molecular formula is C61H39NOS. The van der Waals surface area contributed by atoms with Crippen molar-refractivity contribution in [2.45, 2.75) is 5.41 Å². The zero-order valence-corrected chi connectivity index (χ0v) is 35.6. The molecule has 2 nitrogen and oxygen atoms in total. The molecule has 0 spiro atoms. The van der Waals surface area contributed by atoms with Crippen LogP contribution in [0.5, 0.6) is 0 Å². The van der Waals surface area contributed by atoms with Crippen LogP contribution in [-0.4, -0.2) is 0 Å². The van der Waals surface area contributed by atoms with Crippen molar-refractivity contribution in [2.75, 3.05) is 4.90 Å². The molecule has 12 aromatic rings. The highest BCUT2D eigenvalue weighted by molar-refractivity contribution is 7.26. The minimum absolute atomic E-state index is 0.528. The molecule has 1 aliphatic rings. The highest BCUT2D eigenvalue weighted by atomic mass is 32.1. The van der Waals surface area contributed by atoms with Crippen LogP contribution < -0.4 is 4.90 Å². The van der Waals surface area contributed by atoms with Crippen LogP contribution in [0.2, 0.25) is 0 Å². The molecule has 2 aromatic heterocycles. The van der Waals surface area contributed by atoms with Gasteiger partial charge in [-0.2, -0.15) is 0 Å². The van der Waals surface area contributed by atoms with E-state index in [-0.39, 0.29) is 0 Å². The van der Waals surface area contributed by atoms with Crippen molar-refractivity contribution in [1.82, 2.24) is 0 Å². The van der Waals surface area contributed by atoms with E-state index in [4.69, 9.17) is 4.42 Å². The summed E-state index contributed by atoms with van der Waals surface area (Å²) in [5.74, 6) is 0. The molecule has 0 fully saturated rings. The molecule has 0 radical (unpaired) electrons. The standard InChI is InChI=1S/C61H39NOS/c1-3-19-43(20-4-1)61(44-21-5-2-6-22-44)53-30-10-7-27-51(53)59-54(61)31-16-32-55(59)62(45-23-13-17-40(37-45)41-35-36-57-52(39-41)48-25-8-11-33-56(48)63-57)46-24-14-18-42(38-46)47-28-15-29-50-49-26-9-12-34-58(49)64-60(47)50/h1-39H. The van der Waals surface area contributed by atoms with E-state index in [0.717, 1.165) is 50.1 Å². The number of fused-ring (bicyclic) bond motifs is 9. The lowest BCUT2D eigenvalue weighted by atomic mass is 9.68. The topological polar surface area (TPSA) is 16.4 Å². The van der Waals surface area contributed by atoms with Gasteiger partial charge in [-0.3, -0.25) is 0 Å². The molecule has 0 bridgehead atoms. The van der Waals surface area contributed by atoms with Crippen molar-refractivity contribution in [2.24, 2.45) is 0 Å². The van der Waals surface area contributed by atoms with Gasteiger partial charge in [-0.1, -0.05) is 182 Å². The summed E-state index contributed by atoms with van der Waals surface area (Å²) in [6.45, 7) is 0. The molecule has 300 valence electrons. The number of furan rings is 1. The second-order valence-electron chi connectivity index (χ2n) is 16.8. The zero-order valence-electron chi connectivity index (χ0n) is 34.8. The largest absolute Gasteiger partial charge is 0.456 e. The molecule has 0 N–H and O–H groups in total. The van der Waals surface area contributed by atoms with Crippen LogP contribution in [0.15, 0.2) is 241 Å². The van der Waals surface area contributed by atoms with Gasteiger partial charge in [0, 0.05) is 47.9 Å². The van der Waals surface area contributed by atoms with Gasteiger partial charge in [0.05, 0.1) is 11.1 Å². The molecule has 0 aliphatic heterocycles. The molecule has 0 unspecified atom stereocenters. The summed E-state index contributed by atoms with van der Waals surface area (Å²) in [7, 11) is 0. The summed E-state index contributed by atoms with van der Waals surface area (Å²) in [5, 5.41) is 4.85. The Morgan fingerprint density at radius 1 is 0.375 bits per heavy atom.